The molecule has 1 heterocycles. The summed E-state index contributed by atoms with van der Waals surface area (Å²) < 4.78 is 0. The molecule has 1 amide bonds. The van der Waals surface area contributed by atoms with Crippen molar-refractivity contribution in [3.8, 4) is 0 Å². The Morgan fingerprint density at radius 2 is 1.72 bits per heavy atom. The van der Waals surface area contributed by atoms with Crippen molar-refractivity contribution in [2.75, 3.05) is 43.4 Å². The van der Waals surface area contributed by atoms with E-state index in [0.29, 0.717) is 6.42 Å². The Morgan fingerprint density at radius 1 is 1.00 bits per heavy atom. The van der Waals surface area contributed by atoms with Crippen molar-refractivity contribution >= 4 is 17.3 Å². The number of likely N-dealkylation sites (N-methyl/N-ethyl adjacent to an activating group) is 1. The molecule has 0 aromatic heterocycles. The maximum absolute atomic E-state index is 12.4. The molecule has 0 unspecified atom stereocenters. The second-order valence-corrected chi connectivity index (χ2v) is 6.94. The van der Waals surface area contributed by atoms with Crippen LogP contribution in [0, 0.1) is 13.8 Å². The van der Waals surface area contributed by atoms with Crippen LogP contribution >= 0.6 is 0 Å². The number of anilines is 2. The Kier molecular flexibility index (Phi) is 5.39. The van der Waals surface area contributed by atoms with Crippen molar-refractivity contribution in [2.45, 2.75) is 20.3 Å². The standard InChI is InChI=1S/C21H27N3O/c1-16-6-4-5-7-18(16)15-21(25)22-20-9-8-19(14-17(20)2)24-12-10-23(3)11-13-24/h4-9,14H,10-13,15H2,1-3H3,(H,22,25). The number of hydrogen-bond donors (Lipinski definition) is 1. The summed E-state index contributed by atoms with van der Waals surface area (Å²) in [4.78, 5) is 17.1. The summed E-state index contributed by atoms with van der Waals surface area (Å²) >= 11 is 0. The van der Waals surface area contributed by atoms with Gasteiger partial charge in [0.25, 0.3) is 0 Å². The Morgan fingerprint density at radius 3 is 2.40 bits per heavy atom. The highest BCUT2D eigenvalue weighted by atomic mass is 16.1. The minimum atomic E-state index is 0.0322. The summed E-state index contributed by atoms with van der Waals surface area (Å²) in [6.45, 7) is 8.38. The van der Waals surface area contributed by atoms with Crippen molar-refractivity contribution in [3.63, 3.8) is 0 Å². The molecule has 1 N–H and O–H groups in total. The van der Waals surface area contributed by atoms with Gasteiger partial charge in [-0.25, -0.2) is 0 Å². The van der Waals surface area contributed by atoms with Crippen LogP contribution < -0.4 is 10.2 Å². The smallest absolute Gasteiger partial charge is 0.228 e. The first kappa shape index (κ1) is 17.5. The van der Waals surface area contributed by atoms with E-state index in [1.165, 1.54) is 5.69 Å². The molecule has 0 radical (unpaired) electrons. The van der Waals surface area contributed by atoms with Gasteiger partial charge in [0.05, 0.1) is 6.42 Å². The van der Waals surface area contributed by atoms with Crippen molar-refractivity contribution in [1.29, 1.82) is 0 Å². The molecule has 0 atom stereocenters. The van der Waals surface area contributed by atoms with Crippen LogP contribution in [0.3, 0.4) is 0 Å². The molecule has 1 aliphatic heterocycles. The third-order valence-electron chi connectivity index (χ3n) is 4.96. The van der Waals surface area contributed by atoms with Crippen molar-refractivity contribution in [1.82, 2.24) is 4.90 Å². The molecule has 0 saturated carbocycles. The molecule has 132 valence electrons. The van der Waals surface area contributed by atoms with E-state index >= 15 is 0 Å². The summed E-state index contributed by atoms with van der Waals surface area (Å²) in [5.74, 6) is 0.0322. The lowest BCUT2D eigenvalue weighted by atomic mass is 10.1. The van der Waals surface area contributed by atoms with Gasteiger partial charge < -0.3 is 15.1 Å². The average Bonchev–Trinajstić information content (AvgIpc) is 2.59. The minimum absolute atomic E-state index is 0.0322. The Labute approximate surface area is 150 Å². The quantitative estimate of drug-likeness (QED) is 0.930. The number of rotatable bonds is 4. The zero-order valence-corrected chi connectivity index (χ0v) is 15.4. The van der Waals surface area contributed by atoms with Gasteiger partial charge in [-0.2, -0.15) is 0 Å². The monoisotopic (exact) mass is 337 g/mol. The molecular formula is C21H27N3O. The van der Waals surface area contributed by atoms with Crippen molar-refractivity contribution < 1.29 is 4.79 Å². The minimum Gasteiger partial charge on any atom is -0.369 e. The van der Waals surface area contributed by atoms with Crippen LogP contribution in [0.25, 0.3) is 0 Å². The summed E-state index contributed by atoms with van der Waals surface area (Å²) in [6.07, 6.45) is 0.409. The van der Waals surface area contributed by atoms with Gasteiger partial charge in [-0.05, 0) is 55.8 Å². The molecule has 1 fully saturated rings. The van der Waals surface area contributed by atoms with Gasteiger partial charge >= 0.3 is 0 Å². The van der Waals surface area contributed by atoms with Gasteiger partial charge in [-0.3, -0.25) is 4.79 Å². The molecule has 4 heteroatoms. The fourth-order valence-corrected chi connectivity index (χ4v) is 3.23. The molecule has 4 nitrogen and oxygen atoms in total. The fourth-order valence-electron chi connectivity index (χ4n) is 3.23. The van der Waals surface area contributed by atoms with Crippen molar-refractivity contribution in [3.05, 3.63) is 59.2 Å². The van der Waals surface area contributed by atoms with Crippen LogP contribution in [-0.4, -0.2) is 44.0 Å². The van der Waals surface area contributed by atoms with Gasteiger partial charge in [0.2, 0.25) is 5.91 Å². The Balaban J connectivity index is 1.65. The zero-order valence-electron chi connectivity index (χ0n) is 15.4. The Hall–Kier alpha value is -2.33. The predicted molar refractivity (Wildman–Crippen MR) is 104 cm³/mol. The van der Waals surface area contributed by atoms with E-state index in [1.54, 1.807) is 0 Å². The number of aryl methyl sites for hydroxylation is 2. The summed E-state index contributed by atoms with van der Waals surface area (Å²) in [6, 6.07) is 14.3. The van der Waals surface area contributed by atoms with Gasteiger partial charge in [0, 0.05) is 37.6 Å². The van der Waals surface area contributed by atoms with E-state index in [2.05, 4.69) is 41.2 Å². The number of benzene rings is 2. The summed E-state index contributed by atoms with van der Waals surface area (Å²) in [7, 11) is 2.16. The summed E-state index contributed by atoms with van der Waals surface area (Å²) in [5, 5.41) is 3.06. The van der Waals surface area contributed by atoms with Gasteiger partial charge in [0.1, 0.15) is 0 Å². The normalized spacial score (nSPS) is 15.2. The third-order valence-corrected chi connectivity index (χ3v) is 4.96. The molecule has 1 saturated heterocycles. The van der Waals surface area contributed by atoms with Gasteiger partial charge in [-0.15, -0.1) is 0 Å². The van der Waals surface area contributed by atoms with Gasteiger partial charge in [-0.1, -0.05) is 24.3 Å². The van der Waals surface area contributed by atoms with E-state index in [0.717, 1.165) is 48.6 Å². The predicted octanol–water partition coefficient (Wildman–Crippen LogP) is 3.24. The highest BCUT2D eigenvalue weighted by Gasteiger charge is 2.15. The highest BCUT2D eigenvalue weighted by molar-refractivity contribution is 5.93. The van der Waals surface area contributed by atoms with Crippen LogP contribution in [0.5, 0.6) is 0 Å². The van der Waals surface area contributed by atoms with E-state index in [4.69, 9.17) is 0 Å². The van der Waals surface area contributed by atoms with Crippen LogP contribution in [-0.2, 0) is 11.2 Å². The molecule has 2 aromatic rings. The molecule has 0 bridgehead atoms. The maximum Gasteiger partial charge on any atom is 0.228 e. The maximum atomic E-state index is 12.4. The largest absolute Gasteiger partial charge is 0.369 e. The number of amides is 1. The molecular weight excluding hydrogens is 310 g/mol. The number of piperazine rings is 1. The van der Waals surface area contributed by atoms with Gasteiger partial charge in [0.15, 0.2) is 0 Å². The molecule has 25 heavy (non-hydrogen) atoms. The number of nitrogens with zero attached hydrogens (tertiary/aromatic N) is 2. The van der Waals surface area contributed by atoms with E-state index in [9.17, 15) is 4.79 Å². The van der Waals surface area contributed by atoms with E-state index in [1.807, 2.05) is 37.3 Å². The van der Waals surface area contributed by atoms with Crippen LogP contribution in [0.2, 0.25) is 0 Å². The second-order valence-electron chi connectivity index (χ2n) is 6.94. The highest BCUT2D eigenvalue weighted by Crippen LogP contribution is 2.24. The number of nitrogens with one attached hydrogen (secondary N) is 1. The first-order valence-electron chi connectivity index (χ1n) is 8.91. The Bertz CT molecular complexity index is 749. The second kappa shape index (κ2) is 7.70. The summed E-state index contributed by atoms with van der Waals surface area (Å²) in [5.41, 5.74) is 5.47. The molecule has 3 rings (SSSR count). The molecule has 0 spiro atoms. The third kappa shape index (κ3) is 4.40. The fraction of sp³-hybridized carbons (Fsp3) is 0.381. The number of carbonyl (C=O) groups is 1. The molecule has 0 aliphatic carbocycles. The van der Waals surface area contributed by atoms with Crippen LogP contribution in [0.1, 0.15) is 16.7 Å². The first-order chi connectivity index (χ1) is 12.0. The van der Waals surface area contributed by atoms with Crippen LogP contribution in [0.4, 0.5) is 11.4 Å². The zero-order chi connectivity index (χ0) is 17.8. The van der Waals surface area contributed by atoms with Crippen LogP contribution in [0.15, 0.2) is 42.5 Å². The number of carbonyl (C=O) groups excluding carboxylic acids is 1. The lowest BCUT2D eigenvalue weighted by Crippen LogP contribution is -2.44. The topological polar surface area (TPSA) is 35.6 Å². The number of hydrogen-bond acceptors (Lipinski definition) is 3. The van der Waals surface area contributed by atoms with E-state index < -0.39 is 0 Å². The molecule has 1 aliphatic rings. The first-order valence-corrected chi connectivity index (χ1v) is 8.91. The lowest BCUT2D eigenvalue weighted by Gasteiger charge is -2.34. The average molecular weight is 337 g/mol. The molecule has 2 aromatic carbocycles. The SMILES string of the molecule is Cc1ccccc1CC(=O)Nc1ccc(N2CCN(C)CC2)cc1C. The lowest BCUT2D eigenvalue weighted by molar-refractivity contribution is -0.115. The van der Waals surface area contributed by atoms with E-state index in [-0.39, 0.29) is 5.91 Å². The van der Waals surface area contributed by atoms with Crippen molar-refractivity contribution in [2.24, 2.45) is 0 Å².